The maximum Gasteiger partial charge on any atom is 0.408 e. The molecule has 1 fully saturated rings. The zero-order chi connectivity index (χ0) is 25.4. The Morgan fingerprint density at radius 1 is 1.29 bits per heavy atom. The third-order valence-corrected chi connectivity index (χ3v) is 6.20. The Hall–Kier alpha value is -2.88. The molecule has 0 aromatic carbocycles. The van der Waals surface area contributed by atoms with Crippen molar-refractivity contribution in [2.24, 2.45) is 5.92 Å². The van der Waals surface area contributed by atoms with Crippen LogP contribution in [0, 0.1) is 5.92 Å². The van der Waals surface area contributed by atoms with Crippen molar-refractivity contribution < 1.29 is 24.2 Å². The molecule has 194 valence electrons. The topological polar surface area (TPSA) is 133 Å². The molecule has 1 aromatic rings. The highest BCUT2D eigenvalue weighted by molar-refractivity contribution is 5.83. The molecule has 2 aliphatic heterocycles. The van der Waals surface area contributed by atoms with Crippen molar-refractivity contribution in [1.82, 2.24) is 20.5 Å². The van der Waals surface area contributed by atoms with E-state index in [0.29, 0.717) is 6.54 Å². The van der Waals surface area contributed by atoms with E-state index < -0.39 is 23.7 Å². The van der Waals surface area contributed by atoms with Gasteiger partial charge < -0.3 is 30.7 Å². The third kappa shape index (κ3) is 8.69. The molecular formula is C25H39N5O5. The third-order valence-electron chi connectivity index (χ3n) is 6.20. The van der Waals surface area contributed by atoms with Crippen molar-refractivity contribution in [2.45, 2.75) is 70.9 Å². The van der Waals surface area contributed by atoms with Crippen LogP contribution in [0.2, 0.25) is 0 Å². The lowest BCUT2D eigenvalue weighted by atomic mass is 9.96. The van der Waals surface area contributed by atoms with Crippen LogP contribution >= 0.6 is 0 Å². The van der Waals surface area contributed by atoms with Gasteiger partial charge in [0.2, 0.25) is 5.91 Å². The lowest BCUT2D eigenvalue weighted by Gasteiger charge is -2.32. The SMILES string of the molecule is CC(C)(C)OC(=O)NC(CNC(=O)C1CCCN(CCCc2ccc3c(n2)NCCC3)C1)C(=O)O. The lowest BCUT2D eigenvalue weighted by Crippen LogP contribution is -2.51. The Morgan fingerprint density at radius 2 is 2.09 bits per heavy atom. The number of carbonyl (C=O) groups is 3. The number of fused-ring (bicyclic) bond motifs is 1. The van der Waals surface area contributed by atoms with Crippen LogP contribution in [0.3, 0.4) is 0 Å². The number of aliphatic carboxylic acids is 1. The number of amides is 2. The van der Waals surface area contributed by atoms with Crippen LogP contribution < -0.4 is 16.0 Å². The number of aryl methyl sites for hydroxylation is 2. The number of nitrogens with zero attached hydrogens (tertiary/aromatic N) is 2. The number of rotatable bonds is 9. The van der Waals surface area contributed by atoms with Crippen molar-refractivity contribution in [2.75, 3.05) is 38.0 Å². The van der Waals surface area contributed by atoms with Gasteiger partial charge in [-0.25, -0.2) is 14.6 Å². The number of aromatic nitrogens is 1. The number of carboxylic acids is 1. The van der Waals surface area contributed by atoms with Crippen LogP contribution in [0.25, 0.3) is 0 Å². The van der Waals surface area contributed by atoms with Crippen LogP contribution in [0.1, 0.15) is 57.7 Å². The molecule has 0 bridgehead atoms. The summed E-state index contributed by atoms with van der Waals surface area (Å²) in [5, 5.41) is 17.8. The number of ether oxygens (including phenoxy) is 1. The zero-order valence-corrected chi connectivity index (χ0v) is 21.1. The average molecular weight is 490 g/mol. The first-order valence-electron chi connectivity index (χ1n) is 12.6. The lowest BCUT2D eigenvalue weighted by molar-refractivity contribution is -0.139. The normalized spacial score (nSPS) is 19.1. The van der Waals surface area contributed by atoms with Crippen LogP contribution in [-0.4, -0.2) is 77.3 Å². The number of piperidine rings is 1. The number of likely N-dealkylation sites (tertiary alicyclic amines) is 1. The number of nitrogens with one attached hydrogen (secondary N) is 3. The van der Waals surface area contributed by atoms with E-state index in [1.54, 1.807) is 20.8 Å². The summed E-state index contributed by atoms with van der Waals surface area (Å²) >= 11 is 0. The van der Waals surface area contributed by atoms with E-state index >= 15 is 0 Å². The second-order valence-corrected chi connectivity index (χ2v) is 10.4. The Kier molecular flexibility index (Phi) is 9.31. The first-order valence-corrected chi connectivity index (χ1v) is 12.6. The van der Waals surface area contributed by atoms with Gasteiger partial charge in [-0.15, -0.1) is 0 Å². The summed E-state index contributed by atoms with van der Waals surface area (Å²) < 4.78 is 5.11. The van der Waals surface area contributed by atoms with Crippen molar-refractivity contribution in [1.29, 1.82) is 0 Å². The Morgan fingerprint density at radius 3 is 2.83 bits per heavy atom. The minimum Gasteiger partial charge on any atom is -0.480 e. The van der Waals surface area contributed by atoms with E-state index in [1.807, 2.05) is 0 Å². The number of pyridine rings is 1. The standard InChI is InChI=1S/C25H39N5O5/c1-25(2,3)35-24(34)29-20(23(32)33)15-27-22(31)18-8-5-13-30(16-18)14-6-9-19-11-10-17-7-4-12-26-21(17)28-19/h10-11,18,20H,4-9,12-16H2,1-3H3,(H,26,28)(H,27,31)(H,29,34)(H,32,33). The molecule has 0 saturated carbocycles. The van der Waals surface area contributed by atoms with E-state index in [0.717, 1.165) is 69.7 Å². The molecule has 2 aliphatic rings. The van der Waals surface area contributed by atoms with Gasteiger partial charge in [0.25, 0.3) is 0 Å². The molecule has 1 aromatic heterocycles. The van der Waals surface area contributed by atoms with Crippen molar-refractivity contribution in [3.63, 3.8) is 0 Å². The summed E-state index contributed by atoms with van der Waals surface area (Å²) in [7, 11) is 0. The van der Waals surface area contributed by atoms with Gasteiger partial charge in [-0.3, -0.25) is 4.79 Å². The molecule has 0 aliphatic carbocycles. The van der Waals surface area contributed by atoms with Crippen molar-refractivity contribution >= 4 is 23.8 Å². The molecule has 1 saturated heterocycles. The largest absolute Gasteiger partial charge is 0.480 e. The molecule has 2 amide bonds. The summed E-state index contributed by atoms with van der Waals surface area (Å²) in [6.07, 6.45) is 4.92. The molecule has 35 heavy (non-hydrogen) atoms. The molecule has 2 unspecified atom stereocenters. The van der Waals surface area contributed by atoms with Crippen LogP contribution in [0.5, 0.6) is 0 Å². The van der Waals surface area contributed by atoms with Gasteiger partial charge in [0.15, 0.2) is 0 Å². The van der Waals surface area contributed by atoms with Gasteiger partial charge in [0, 0.05) is 25.3 Å². The molecule has 2 atom stereocenters. The fraction of sp³-hybridized carbons (Fsp3) is 0.680. The van der Waals surface area contributed by atoms with Gasteiger partial charge >= 0.3 is 12.1 Å². The molecule has 3 rings (SSSR count). The summed E-state index contributed by atoms with van der Waals surface area (Å²) in [6.45, 7) is 8.34. The maximum absolute atomic E-state index is 12.7. The Bertz CT molecular complexity index is 901. The van der Waals surface area contributed by atoms with E-state index in [1.165, 1.54) is 5.56 Å². The molecular weight excluding hydrogens is 450 g/mol. The summed E-state index contributed by atoms with van der Waals surface area (Å²) in [6, 6.07) is 3.03. The predicted octanol–water partition coefficient (Wildman–Crippen LogP) is 2.18. The first kappa shape index (κ1) is 26.7. The fourth-order valence-electron chi connectivity index (χ4n) is 4.46. The van der Waals surface area contributed by atoms with Gasteiger partial charge in [-0.05, 0) is 84.0 Å². The monoisotopic (exact) mass is 489 g/mol. The van der Waals surface area contributed by atoms with Crippen LogP contribution in [-0.2, 0) is 27.2 Å². The number of anilines is 1. The minimum absolute atomic E-state index is 0.186. The first-order chi connectivity index (χ1) is 16.6. The highest BCUT2D eigenvalue weighted by Crippen LogP contribution is 2.21. The Labute approximate surface area is 207 Å². The number of alkyl carbamates (subject to hydrolysis) is 1. The van der Waals surface area contributed by atoms with E-state index in [4.69, 9.17) is 9.72 Å². The zero-order valence-electron chi connectivity index (χ0n) is 21.1. The maximum atomic E-state index is 12.7. The predicted molar refractivity (Wildman–Crippen MR) is 132 cm³/mol. The molecule has 10 heteroatoms. The highest BCUT2D eigenvalue weighted by atomic mass is 16.6. The van der Waals surface area contributed by atoms with Crippen LogP contribution in [0.4, 0.5) is 10.6 Å². The van der Waals surface area contributed by atoms with E-state index in [2.05, 4.69) is 33.0 Å². The fourth-order valence-corrected chi connectivity index (χ4v) is 4.46. The second kappa shape index (κ2) is 12.2. The Balaban J connectivity index is 1.41. The van der Waals surface area contributed by atoms with Crippen molar-refractivity contribution in [3.05, 3.63) is 23.4 Å². The highest BCUT2D eigenvalue weighted by Gasteiger charge is 2.28. The smallest absolute Gasteiger partial charge is 0.408 e. The van der Waals surface area contributed by atoms with Crippen molar-refractivity contribution in [3.8, 4) is 0 Å². The van der Waals surface area contributed by atoms with Crippen LogP contribution in [0.15, 0.2) is 12.1 Å². The number of hydrogen-bond acceptors (Lipinski definition) is 7. The average Bonchev–Trinajstić information content (AvgIpc) is 2.80. The summed E-state index contributed by atoms with van der Waals surface area (Å²) in [5.41, 5.74) is 1.63. The molecule has 0 spiro atoms. The molecule has 10 nitrogen and oxygen atoms in total. The molecule has 3 heterocycles. The van der Waals surface area contributed by atoms with Gasteiger partial charge in [0.05, 0.1) is 5.92 Å². The summed E-state index contributed by atoms with van der Waals surface area (Å²) in [4.78, 5) is 43.2. The van der Waals surface area contributed by atoms with Gasteiger partial charge in [-0.2, -0.15) is 0 Å². The molecule has 4 N–H and O–H groups in total. The summed E-state index contributed by atoms with van der Waals surface area (Å²) in [5.74, 6) is -0.600. The second-order valence-electron chi connectivity index (χ2n) is 10.4. The van der Waals surface area contributed by atoms with Gasteiger partial charge in [-0.1, -0.05) is 6.07 Å². The molecule has 0 radical (unpaired) electrons. The van der Waals surface area contributed by atoms with E-state index in [9.17, 15) is 19.5 Å². The number of carboxylic acid groups (broad SMARTS) is 1. The van der Waals surface area contributed by atoms with E-state index in [-0.39, 0.29) is 18.4 Å². The number of hydrogen-bond donors (Lipinski definition) is 4. The number of carbonyl (C=O) groups excluding carboxylic acids is 2. The quantitative estimate of drug-likeness (QED) is 0.415. The van der Waals surface area contributed by atoms with Gasteiger partial charge in [0.1, 0.15) is 17.5 Å². The minimum atomic E-state index is -1.26.